The van der Waals surface area contributed by atoms with Crippen molar-refractivity contribution in [2.45, 2.75) is 31.9 Å². The summed E-state index contributed by atoms with van der Waals surface area (Å²) < 4.78 is 31.5. The van der Waals surface area contributed by atoms with Crippen molar-refractivity contribution in [3.8, 4) is 5.75 Å². The van der Waals surface area contributed by atoms with Gasteiger partial charge in [-0.05, 0) is 37.5 Å². The smallest absolute Gasteiger partial charge is 0.400 e. The van der Waals surface area contributed by atoms with E-state index < -0.39 is 12.0 Å². The van der Waals surface area contributed by atoms with Crippen molar-refractivity contribution < 1.29 is 13.5 Å². The summed E-state index contributed by atoms with van der Waals surface area (Å²) in [4.78, 5) is 0. The van der Waals surface area contributed by atoms with Crippen LogP contribution >= 0.6 is 0 Å². The maximum Gasteiger partial charge on any atom is 0.400 e. The van der Waals surface area contributed by atoms with Crippen molar-refractivity contribution in [3.63, 3.8) is 0 Å². The van der Waals surface area contributed by atoms with Gasteiger partial charge in [-0.1, -0.05) is 12.1 Å². The third-order valence-corrected chi connectivity index (χ3v) is 2.69. The summed E-state index contributed by atoms with van der Waals surface area (Å²) in [6, 6.07) is 6.39. The number of benzene rings is 1. The molecule has 1 unspecified atom stereocenters. The van der Waals surface area contributed by atoms with Crippen molar-refractivity contribution in [2.24, 2.45) is 11.7 Å². The molecule has 0 aliphatic heterocycles. The van der Waals surface area contributed by atoms with Crippen LogP contribution in [-0.2, 0) is 0 Å². The van der Waals surface area contributed by atoms with Crippen LogP contribution in [0.3, 0.4) is 0 Å². The highest BCUT2D eigenvalue weighted by atomic mass is 19.3. The van der Waals surface area contributed by atoms with E-state index in [4.69, 9.17) is 10.5 Å². The molecule has 1 aliphatic carbocycles. The Kier molecular flexibility index (Phi) is 2.84. The van der Waals surface area contributed by atoms with Gasteiger partial charge in [-0.25, -0.2) is 0 Å². The molecule has 4 heteroatoms. The molecule has 16 heavy (non-hydrogen) atoms. The predicted molar refractivity (Wildman–Crippen MR) is 57.3 cm³/mol. The Morgan fingerprint density at radius 3 is 2.69 bits per heavy atom. The minimum atomic E-state index is -3.05. The molecule has 0 spiro atoms. The summed E-state index contributed by atoms with van der Waals surface area (Å²) in [7, 11) is 0. The lowest BCUT2D eigenvalue weighted by Gasteiger charge is -2.18. The maximum absolute atomic E-state index is 13.4. The molecule has 1 atom stereocenters. The molecule has 0 aromatic heterocycles. The highest BCUT2D eigenvalue weighted by Crippen LogP contribution is 2.44. The van der Waals surface area contributed by atoms with E-state index in [1.54, 1.807) is 25.1 Å². The monoisotopic (exact) mass is 227 g/mol. The van der Waals surface area contributed by atoms with Crippen LogP contribution in [0.5, 0.6) is 5.75 Å². The van der Waals surface area contributed by atoms with Crippen LogP contribution in [0.4, 0.5) is 8.78 Å². The van der Waals surface area contributed by atoms with Crippen LogP contribution in [0, 0.1) is 5.92 Å². The standard InChI is InChI=1S/C12H15F2NO/c1-8(15)9-3-2-4-11(7-9)16-12(13,14)10-5-6-10/h2-4,7-8,10H,5-6,15H2,1H3. The highest BCUT2D eigenvalue weighted by Gasteiger charge is 2.49. The van der Waals surface area contributed by atoms with E-state index in [-0.39, 0.29) is 11.8 Å². The van der Waals surface area contributed by atoms with Gasteiger partial charge in [0.25, 0.3) is 0 Å². The summed E-state index contributed by atoms with van der Waals surface area (Å²) >= 11 is 0. The number of halogens is 2. The van der Waals surface area contributed by atoms with Gasteiger partial charge in [-0.2, -0.15) is 8.78 Å². The number of ether oxygens (including phenoxy) is 1. The molecule has 0 amide bonds. The normalized spacial score (nSPS) is 18.2. The number of alkyl halides is 2. The first-order valence-electron chi connectivity index (χ1n) is 5.41. The van der Waals surface area contributed by atoms with E-state index >= 15 is 0 Å². The van der Waals surface area contributed by atoms with Crippen molar-refractivity contribution in [1.29, 1.82) is 0 Å². The second-order valence-corrected chi connectivity index (χ2v) is 4.30. The van der Waals surface area contributed by atoms with Crippen molar-refractivity contribution in [3.05, 3.63) is 29.8 Å². The predicted octanol–water partition coefficient (Wildman–Crippen LogP) is 3.09. The topological polar surface area (TPSA) is 35.2 Å². The van der Waals surface area contributed by atoms with Crippen LogP contribution in [0.25, 0.3) is 0 Å². The fraction of sp³-hybridized carbons (Fsp3) is 0.500. The lowest BCUT2D eigenvalue weighted by Crippen LogP contribution is -2.27. The van der Waals surface area contributed by atoms with Gasteiger partial charge >= 0.3 is 6.11 Å². The van der Waals surface area contributed by atoms with Crippen LogP contribution in [0.1, 0.15) is 31.4 Å². The van der Waals surface area contributed by atoms with E-state index in [2.05, 4.69) is 0 Å². The Morgan fingerprint density at radius 1 is 1.44 bits per heavy atom. The lowest BCUT2D eigenvalue weighted by molar-refractivity contribution is -0.192. The molecule has 2 nitrogen and oxygen atoms in total. The Labute approximate surface area is 93.4 Å². The van der Waals surface area contributed by atoms with E-state index in [1.807, 2.05) is 0 Å². The van der Waals surface area contributed by atoms with Crippen LogP contribution in [-0.4, -0.2) is 6.11 Å². The van der Waals surface area contributed by atoms with E-state index in [1.165, 1.54) is 6.07 Å². The van der Waals surface area contributed by atoms with Gasteiger partial charge in [0.05, 0.1) is 5.92 Å². The molecule has 0 saturated heterocycles. The average molecular weight is 227 g/mol. The minimum Gasteiger partial charge on any atom is -0.432 e. The summed E-state index contributed by atoms with van der Waals surface area (Å²) in [5.74, 6) is -0.432. The molecule has 1 saturated carbocycles. The first kappa shape index (κ1) is 11.3. The van der Waals surface area contributed by atoms with Crippen molar-refractivity contribution in [1.82, 2.24) is 0 Å². The first-order chi connectivity index (χ1) is 7.49. The number of rotatable bonds is 4. The van der Waals surface area contributed by atoms with Crippen molar-refractivity contribution in [2.75, 3.05) is 0 Å². The van der Waals surface area contributed by atoms with Gasteiger partial charge in [-0.15, -0.1) is 0 Å². The zero-order valence-electron chi connectivity index (χ0n) is 9.12. The molecule has 0 bridgehead atoms. The van der Waals surface area contributed by atoms with Crippen LogP contribution in [0.2, 0.25) is 0 Å². The summed E-state index contributed by atoms with van der Waals surface area (Å²) in [5, 5.41) is 0. The molecule has 2 N–H and O–H groups in total. The van der Waals surface area contributed by atoms with Crippen LogP contribution in [0.15, 0.2) is 24.3 Å². The van der Waals surface area contributed by atoms with Gasteiger partial charge in [0.2, 0.25) is 0 Å². The molecule has 0 radical (unpaired) electrons. The lowest BCUT2D eigenvalue weighted by atomic mass is 10.1. The summed E-state index contributed by atoms with van der Waals surface area (Å²) in [6.45, 7) is 1.80. The number of hydrogen-bond acceptors (Lipinski definition) is 2. The van der Waals surface area contributed by atoms with Gasteiger partial charge in [0.15, 0.2) is 0 Å². The fourth-order valence-electron chi connectivity index (χ4n) is 1.52. The Balaban J connectivity index is 2.11. The quantitative estimate of drug-likeness (QED) is 0.857. The molecule has 0 heterocycles. The molecule has 1 fully saturated rings. The number of hydrogen-bond donors (Lipinski definition) is 1. The Morgan fingerprint density at radius 2 is 2.12 bits per heavy atom. The first-order valence-corrected chi connectivity index (χ1v) is 5.41. The fourth-order valence-corrected chi connectivity index (χ4v) is 1.52. The summed E-state index contributed by atoms with van der Waals surface area (Å²) in [6.07, 6.45) is -1.96. The SMILES string of the molecule is CC(N)c1cccc(OC(F)(F)C2CC2)c1. The molecule has 1 aromatic carbocycles. The molecule has 88 valence electrons. The molecular weight excluding hydrogens is 212 g/mol. The second-order valence-electron chi connectivity index (χ2n) is 4.30. The average Bonchev–Trinajstić information content (AvgIpc) is 3.00. The minimum absolute atomic E-state index is 0.182. The Bertz CT molecular complexity index is 375. The number of nitrogens with two attached hydrogens (primary N) is 1. The molecule has 1 aliphatic rings. The maximum atomic E-state index is 13.4. The third-order valence-electron chi connectivity index (χ3n) is 2.69. The Hall–Kier alpha value is -1.16. The molecule has 1 aromatic rings. The zero-order chi connectivity index (χ0) is 11.8. The molecule has 2 rings (SSSR count). The third kappa shape index (κ3) is 2.50. The second kappa shape index (κ2) is 4.01. The van der Waals surface area contributed by atoms with E-state index in [0.717, 1.165) is 5.56 Å². The van der Waals surface area contributed by atoms with Crippen LogP contribution < -0.4 is 10.5 Å². The molecular formula is C12H15F2NO. The van der Waals surface area contributed by atoms with Gasteiger partial charge < -0.3 is 10.5 Å². The van der Waals surface area contributed by atoms with Crippen molar-refractivity contribution >= 4 is 0 Å². The van der Waals surface area contributed by atoms with E-state index in [0.29, 0.717) is 12.8 Å². The summed E-state index contributed by atoms with van der Waals surface area (Å²) in [5.41, 5.74) is 6.47. The zero-order valence-corrected chi connectivity index (χ0v) is 9.12. The largest absolute Gasteiger partial charge is 0.432 e. The van der Waals surface area contributed by atoms with Gasteiger partial charge in [0, 0.05) is 6.04 Å². The van der Waals surface area contributed by atoms with Gasteiger partial charge in [-0.3, -0.25) is 0 Å². The van der Waals surface area contributed by atoms with E-state index in [9.17, 15) is 8.78 Å². The van der Waals surface area contributed by atoms with Gasteiger partial charge in [0.1, 0.15) is 5.75 Å². The highest BCUT2D eigenvalue weighted by molar-refractivity contribution is 5.30.